The number of amides is 1. The molecule has 2 aromatic carbocycles. The van der Waals surface area contributed by atoms with Crippen LogP contribution in [0.1, 0.15) is 53.9 Å². The third kappa shape index (κ3) is 5.67. The van der Waals surface area contributed by atoms with Gasteiger partial charge in [-0.15, -0.1) is 0 Å². The number of nitrogens with one attached hydrogen (secondary N) is 1. The lowest BCUT2D eigenvalue weighted by Crippen LogP contribution is -2.22. The Morgan fingerprint density at radius 1 is 1.00 bits per heavy atom. The highest BCUT2D eigenvalue weighted by Gasteiger charge is 2.18. The number of benzene rings is 2. The van der Waals surface area contributed by atoms with Gasteiger partial charge < -0.3 is 10.1 Å². The SMILES string of the molecule is CS(=O)(=O)c1ccccc1NC(=O)COC(=O)c1ccc(C2CCCCC2)cc1. The maximum atomic E-state index is 12.2. The van der Waals surface area contributed by atoms with Gasteiger partial charge in [0.25, 0.3) is 5.91 Å². The molecule has 0 aromatic heterocycles. The number of carbonyl (C=O) groups is 2. The van der Waals surface area contributed by atoms with Gasteiger partial charge >= 0.3 is 5.97 Å². The van der Waals surface area contributed by atoms with Crippen molar-refractivity contribution in [3.63, 3.8) is 0 Å². The summed E-state index contributed by atoms with van der Waals surface area (Å²) in [5.74, 6) is -0.644. The Hall–Kier alpha value is -2.67. The second kappa shape index (κ2) is 9.22. The fraction of sp³-hybridized carbons (Fsp3) is 0.364. The highest BCUT2D eigenvalue weighted by Crippen LogP contribution is 2.32. The number of anilines is 1. The van der Waals surface area contributed by atoms with Crippen LogP contribution in [0.3, 0.4) is 0 Å². The minimum Gasteiger partial charge on any atom is -0.452 e. The van der Waals surface area contributed by atoms with E-state index in [1.165, 1.54) is 49.8 Å². The van der Waals surface area contributed by atoms with E-state index in [2.05, 4.69) is 5.32 Å². The van der Waals surface area contributed by atoms with Crippen molar-refractivity contribution in [2.24, 2.45) is 0 Å². The minimum atomic E-state index is -3.49. The number of para-hydroxylation sites is 1. The van der Waals surface area contributed by atoms with Gasteiger partial charge in [0.1, 0.15) is 0 Å². The van der Waals surface area contributed by atoms with E-state index in [0.717, 1.165) is 6.26 Å². The second-order valence-electron chi connectivity index (χ2n) is 7.35. The van der Waals surface area contributed by atoms with E-state index < -0.39 is 28.3 Å². The molecule has 6 nitrogen and oxygen atoms in total. The predicted octanol–water partition coefficient (Wildman–Crippen LogP) is 3.93. The Bertz CT molecular complexity index is 977. The predicted molar refractivity (Wildman–Crippen MR) is 111 cm³/mol. The van der Waals surface area contributed by atoms with Crippen molar-refractivity contribution in [1.29, 1.82) is 0 Å². The molecule has 0 radical (unpaired) electrons. The topological polar surface area (TPSA) is 89.5 Å². The smallest absolute Gasteiger partial charge is 0.338 e. The molecule has 1 fully saturated rings. The maximum Gasteiger partial charge on any atom is 0.338 e. The van der Waals surface area contributed by atoms with Crippen LogP contribution >= 0.6 is 0 Å². The molecule has 1 aliphatic carbocycles. The molecular weight excluding hydrogens is 390 g/mol. The van der Waals surface area contributed by atoms with Crippen LogP contribution in [0.4, 0.5) is 5.69 Å². The van der Waals surface area contributed by atoms with Crippen molar-refractivity contribution in [3.05, 3.63) is 59.7 Å². The lowest BCUT2D eigenvalue weighted by atomic mass is 9.84. The van der Waals surface area contributed by atoms with Crippen molar-refractivity contribution in [2.45, 2.75) is 42.9 Å². The normalized spacial score (nSPS) is 14.9. The molecular formula is C22H25NO5S. The van der Waals surface area contributed by atoms with Crippen LogP contribution in [0, 0.1) is 0 Å². The van der Waals surface area contributed by atoms with Gasteiger partial charge in [-0.25, -0.2) is 13.2 Å². The Labute approximate surface area is 171 Å². The fourth-order valence-corrected chi connectivity index (χ4v) is 4.47. The lowest BCUT2D eigenvalue weighted by molar-refractivity contribution is -0.119. The van der Waals surface area contributed by atoms with Crippen molar-refractivity contribution in [1.82, 2.24) is 0 Å². The first-order chi connectivity index (χ1) is 13.8. The van der Waals surface area contributed by atoms with Crippen LogP contribution in [0.2, 0.25) is 0 Å². The molecule has 0 saturated heterocycles. The number of sulfone groups is 1. The third-order valence-electron chi connectivity index (χ3n) is 5.12. The molecule has 0 spiro atoms. The van der Waals surface area contributed by atoms with Crippen LogP contribution in [0.5, 0.6) is 0 Å². The molecule has 7 heteroatoms. The summed E-state index contributed by atoms with van der Waals surface area (Å²) >= 11 is 0. The number of ether oxygens (including phenoxy) is 1. The summed E-state index contributed by atoms with van der Waals surface area (Å²) in [5, 5.41) is 2.48. The second-order valence-corrected chi connectivity index (χ2v) is 9.33. The Morgan fingerprint density at radius 2 is 1.66 bits per heavy atom. The number of hydrogen-bond donors (Lipinski definition) is 1. The summed E-state index contributed by atoms with van der Waals surface area (Å²) in [7, 11) is -3.49. The number of hydrogen-bond acceptors (Lipinski definition) is 5. The standard InChI is InChI=1S/C22H25NO5S/c1-29(26,27)20-10-6-5-9-19(20)23-21(24)15-28-22(25)18-13-11-17(12-14-18)16-7-3-2-4-8-16/h5-6,9-14,16H,2-4,7-8,15H2,1H3,(H,23,24). The molecule has 1 N–H and O–H groups in total. The molecule has 0 heterocycles. The highest BCUT2D eigenvalue weighted by molar-refractivity contribution is 7.90. The van der Waals surface area contributed by atoms with E-state index in [9.17, 15) is 18.0 Å². The molecule has 0 atom stereocenters. The lowest BCUT2D eigenvalue weighted by Gasteiger charge is -2.21. The summed E-state index contributed by atoms with van der Waals surface area (Å²) in [6, 6.07) is 13.4. The molecule has 0 unspecified atom stereocenters. The van der Waals surface area contributed by atoms with Crippen molar-refractivity contribution < 1.29 is 22.7 Å². The van der Waals surface area contributed by atoms with E-state index in [1.54, 1.807) is 24.3 Å². The van der Waals surface area contributed by atoms with Gasteiger partial charge in [-0.1, -0.05) is 43.5 Å². The van der Waals surface area contributed by atoms with Gasteiger partial charge in [-0.3, -0.25) is 4.79 Å². The monoisotopic (exact) mass is 415 g/mol. The van der Waals surface area contributed by atoms with E-state index in [0.29, 0.717) is 11.5 Å². The Kier molecular flexibility index (Phi) is 6.69. The molecule has 1 aliphatic rings. The van der Waals surface area contributed by atoms with Crippen molar-refractivity contribution in [2.75, 3.05) is 18.2 Å². The third-order valence-corrected chi connectivity index (χ3v) is 6.27. The van der Waals surface area contributed by atoms with Gasteiger partial charge in [0.2, 0.25) is 0 Å². The van der Waals surface area contributed by atoms with E-state index in [-0.39, 0.29) is 10.6 Å². The average molecular weight is 416 g/mol. The maximum absolute atomic E-state index is 12.2. The van der Waals surface area contributed by atoms with Crippen LogP contribution in [0.25, 0.3) is 0 Å². The van der Waals surface area contributed by atoms with Crippen LogP contribution in [-0.4, -0.2) is 33.2 Å². The molecule has 154 valence electrons. The minimum absolute atomic E-state index is 0.0120. The molecule has 1 saturated carbocycles. The van der Waals surface area contributed by atoms with Crippen LogP contribution < -0.4 is 5.32 Å². The summed E-state index contributed by atoms with van der Waals surface area (Å²) in [5.41, 5.74) is 1.78. The van der Waals surface area contributed by atoms with Crippen molar-refractivity contribution >= 4 is 27.4 Å². The van der Waals surface area contributed by atoms with E-state index >= 15 is 0 Å². The molecule has 2 aromatic rings. The van der Waals surface area contributed by atoms with Gasteiger partial charge in [0.15, 0.2) is 16.4 Å². The van der Waals surface area contributed by atoms with Gasteiger partial charge in [0, 0.05) is 6.26 Å². The first-order valence-electron chi connectivity index (χ1n) is 9.70. The van der Waals surface area contributed by atoms with Crippen LogP contribution in [0.15, 0.2) is 53.4 Å². The van der Waals surface area contributed by atoms with Crippen LogP contribution in [-0.2, 0) is 19.4 Å². The molecule has 1 amide bonds. The Balaban J connectivity index is 1.56. The van der Waals surface area contributed by atoms with Gasteiger partial charge in [0.05, 0.1) is 16.1 Å². The molecule has 3 rings (SSSR count). The summed E-state index contributed by atoms with van der Waals surface area (Å²) < 4.78 is 28.7. The molecule has 0 bridgehead atoms. The zero-order valence-electron chi connectivity index (χ0n) is 16.4. The fourth-order valence-electron chi connectivity index (χ4n) is 3.62. The zero-order chi connectivity index (χ0) is 20.9. The Morgan fingerprint density at radius 3 is 2.31 bits per heavy atom. The number of carbonyl (C=O) groups excluding carboxylic acids is 2. The summed E-state index contributed by atoms with van der Waals surface area (Å²) in [6.45, 7) is -0.499. The number of esters is 1. The number of rotatable bonds is 6. The molecule has 29 heavy (non-hydrogen) atoms. The largest absolute Gasteiger partial charge is 0.452 e. The first kappa shape index (κ1) is 21.0. The van der Waals surface area contributed by atoms with Crippen molar-refractivity contribution in [3.8, 4) is 0 Å². The van der Waals surface area contributed by atoms with E-state index in [4.69, 9.17) is 4.74 Å². The first-order valence-corrected chi connectivity index (χ1v) is 11.6. The average Bonchev–Trinajstić information content (AvgIpc) is 2.72. The quantitative estimate of drug-likeness (QED) is 0.722. The summed E-state index contributed by atoms with van der Waals surface area (Å²) in [6.07, 6.45) is 7.20. The molecule has 0 aliphatic heterocycles. The summed E-state index contributed by atoms with van der Waals surface area (Å²) in [4.78, 5) is 24.3. The van der Waals surface area contributed by atoms with E-state index in [1.807, 2.05) is 12.1 Å². The van der Waals surface area contributed by atoms with Gasteiger partial charge in [-0.2, -0.15) is 0 Å². The zero-order valence-corrected chi connectivity index (χ0v) is 17.2. The highest BCUT2D eigenvalue weighted by atomic mass is 32.2. The van der Waals surface area contributed by atoms with Gasteiger partial charge in [-0.05, 0) is 48.6 Å².